The van der Waals surface area contributed by atoms with Crippen LogP contribution in [0.1, 0.15) is 45.4 Å². The predicted molar refractivity (Wildman–Crippen MR) is 125 cm³/mol. The number of aliphatic imine (C=N–C) groups is 1. The number of rotatable bonds is 9. The molecule has 0 unspecified atom stereocenters. The molecule has 0 radical (unpaired) electrons. The van der Waals surface area contributed by atoms with E-state index in [0.29, 0.717) is 13.1 Å². The number of nitrogens with zero attached hydrogens (tertiary/aromatic N) is 4. The molecule has 0 aliphatic carbocycles. The van der Waals surface area contributed by atoms with E-state index in [4.69, 9.17) is 0 Å². The summed E-state index contributed by atoms with van der Waals surface area (Å²) >= 11 is 0. The van der Waals surface area contributed by atoms with E-state index in [1.54, 1.807) is 11.2 Å². The maximum absolute atomic E-state index is 12.0. The summed E-state index contributed by atoms with van der Waals surface area (Å²) in [5, 5.41) is 6.75. The Morgan fingerprint density at radius 2 is 2.00 bits per heavy atom. The van der Waals surface area contributed by atoms with Gasteiger partial charge in [0, 0.05) is 51.2 Å². The number of hydrogen-bond donors (Lipinski definition) is 2. The summed E-state index contributed by atoms with van der Waals surface area (Å²) in [5.41, 5.74) is 0. The number of sulfonamides is 1. The Kier molecular flexibility index (Phi) is 11.4. The fourth-order valence-corrected chi connectivity index (χ4v) is 4.33. The van der Waals surface area contributed by atoms with Gasteiger partial charge in [-0.25, -0.2) is 17.7 Å². The van der Waals surface area contributed by atoms with Gasteiger partial charge in [-0.2, -0.15) is 0 Å². The highest BCUT2D eigenvalue weighted by atomic mass is 127. The molecule has 2 N–H and O–H groups in total. The minimum atomic E-state index is -3.07. The Morgan fingerprint density at radius 3 is 2.57 bits per heavy atom. The van der Waals surface area contributed by atoms with E-state index >= 15 is 0 Å². The first-order valence-electron chi connectivity index (χ1n) is 9.96. The summed E-state index contributed by atoms with van der Waals surface area (Å²) in [6, 6.07) is 0.264. The SMILES string of the molecule is CCNC(=NCCCCn1ccnc1C)NC1CCN(S(=O)(=O)CC)CC1.I. The highest BCUT2D eigenvalue weighted by molar-refractivity contribution is 14.0. The molecule has 10 heteroatoms. The van der Waals surface area contributed by atoms with Crippen LogP contribution < -0.4 is 10.6 Å². The summed E-state index contributed by atoms with van der Waals surface area (Å²) in [6.45, 7) is 9.47. The lowest BCUT2D eigenvalue weighted by Crippen LogP contribution is -2.50. The second-order valence-electron chi connectivity index (χ2n) is 6.85. The van der Waals surface area contributed by atoms with Crippen molar-refractivity contribution in [2.45, 2.75) is 59.0 Å². The van der Waals surface area contributed by atoms with Crippen molar-refractivity contribution >= 4 is 40.0 Å². The van der Waals surface area contributed by atoms with Gasteiger partial charge >= 0.3 is 0 Å². The van der Waals surface area contributed by atoms with Gasteiger partial charge in [-0.1, -0.05) is 0 Å². The van der Waals surface area contributed by atoms with E-state index < -0.39 is 10.0 Å². The van der Waals surface area contributed by atoms with Crippen LogP contribution in [0.2, 0.25) is 0 Å². The highest BCUT2D eigenvalue weighted by Crippen LogP contribution is 2.14. The van der Waals surface area contributed by atoms with Gasteiger partial charge in [0.2, 0.25) is 10.0 Å². The summed E-state index contributed by atoms with van der Waals surface area (Å²) in [5.74, 6) is 2.05. The minimum absolute atomic E-state index is 0. The van der Waals surface area contributed by atoms with Crippen LogP contribution in [0.4, 0.5) is 0 Å². The number of halogens is 1. The number of piperidine rings is 1. The van der Waals surface area contributed by atoms with E-state index in [2.05, 4.69) is 32.1 Å². The van der Waals surface area contributed by atoms with Crippen molar-refractivity contribution in [3.05, 3.63) is 18.2 Å². The molecule has 0 bridgehead atoms. The number of imidazole rings is 1. The molecule has 0 spiro atoms. The van der Waals surface area contributed by atoms with Crippen LogP contribution in [0.3, 0.4) is 0 Å². The molecule has 0 aromatic carbocycles. The lowest BCUT2D eigenvalue weighted by Gasteiger charge is -2.32. The molecule has 1 aromatic heterocycles. The second kappa shape index (κ2) is 12.6. The average Bonchev–Trinajstić information content (AvgIpc) is 3.07. The van der Waals surface area contributed by atoms with E-state index in [0.717, 1.165) is 57.1 Å². The molecular formula is C18H35IN6O2S. The molecule has 1 fully saturated rings. The van der Waals surface area contributed by atoms with Crippen molar-refractivity contribution < 1.29 is 8.42 Å². The number of aromatic nitrogens is 2. The van der Waals surface area contributed by atoms with Crippen molar-refractivity contribution in [2.75, 3.05) is 31.9 Å². The largest absolute Gasteiger partial charge is 0.357 e. The van der Waals surface area contributed by atoms with Crippen molar-refractivity contribution in [1.82, 2.24) is 24.5 Å². The van der Waals surface area contributed by atoms with Crippen molar-refractivity contribution in [1.29, 1.82) is 0 Å². The molecule has 28 heavy (non-hydrogen) atoms. The van der Waals surface area contributed by atoms with Gasteiger partial charge in [0.15, 0.2) is 5.96 Å². The van der Waals surface area contributed by atoms with Crippen LogP contribution in [0.5, 0.6) is 0 Å². The van der Waals surface area contributed by atoms with E-state index in [1.807, 2.05) is 19.3 Å². The van der Waals surface area contributed by atoms with Gasteiger partial charge < -0.3 is 15.2 Å². The lowest BCUT2D eigenvalue weighted by molar-refractivity contribution is 0.306. The molecule has 2 rings (SSSR count). The van der Waals surface area contributed by atoms with Crippen LogP contribution in [0.15, 0.2) is 17.4 Å². The molecule has 0 amide bonds. The normalized spacial score (nSPS) is 16.6. The lowest BCUT2D eigenvalue weighted by atomic mass is 10.1. The molecular weight excluding hydrogens is 491 g/mol. The molecule has 162 valence electrons. The fourth-order valence-electron chi connectivity index (χ4n) is 3.20. The molecule has 1 aromatic rings. The van der Waals surface area contributed by atoms with Crippen LogP contribution in [0, 0.1) is 6.92 Å². The molecule has 0 atom stereocenters. The smallest absolute Gasteiger partial charge is 0.213 e. The van der Waals surface area contributed by atoms with Crippen LogP contribution >= 0.6 is 24.0 Å². The van der Waals surface area contributed by atoms with Gasteiger partial charge in [-0.15, -0.1) is 24.0 Å². The minimum Gasteiger partial charge on any atom is -0.357 e. The maximum Gasteiger partial charge on any atom is 0.213 e. The highest BCUT2D eigenvalue weighted by Gasteiger charge is 2.26. The van der Waals surface area contributed by atoms with Crippen LogP contribution in [0.25, 0.3) is 0 Å². The zero-order valence-electron chi connectivity index (χ0n) is 17.2. The number of aryl methyl sites for hydroxylation is 2. The quantitative estimate of drug-likeness (QED) is 0.222. The molecule has 8 nitrogen and oxygen atoms in total. The molecule has 1 saturated heterocycles. The summed E-state index contributed by atoms with van der Waals surface area (Å²) in [6.07, 6.45) is 7.54. The van der Waals surface area contributed by atoms with Crippen molar-refractivity contribution in [2.24, 2.45) is 4.99 Å². The van der Waals surface area contributed by atoms with Crippen molar-refractivity contribution in [3.8, 4) is 0 Å². The van der Waals surface area contributed by atoms with Gasteiger partial charge in [0.25, 0.3) is 0 Å². The van der Waals surface area contributed by atoms with E-state index in [-0.39, 0.29) is 35.8 Å². The Bertz CT molecular complexity index is 699. The number of guanidine groups is 1. The summed E-state index contributed by atoms with van der Waals surface area (Å²) in [7, 11) is -3.07. The van der Waals surface area contributed by atoms with E-state index in [9.17, 15) is 8.42 Å². The topological polar surface area (TPSA) is 91.6 Å². The molecule has 0 saturated carbocycles. The Labute approximate surface area is 186 Å². The molecule has 2 heterocycles. The summed E-state index contributed by atoms with van der Waals surface area (Å²) < 4.78 is 27.7. The summed E-state index contributed by atoms with van der Waals surface area (Å²) in [4.78, 5) is 8.90. The van der Waals surface area contributed by atoms with Gasteiger partial charge in [-0.3, -0.25) is 4.99 Å². The number of hydrogen-bond acceptors (Lipinski definition) is 4. The van der Waals surface area contributed by atoms with Gasteiger partial charge in [0.05, 0.1) is 5.75 Å². The monoisotopic (exact) mass is 526 g/mol. The van der Waals surface area contributed by atoms with Crippen LogP contribution in [-0.4, -0.2) is 66.2 Å². The number of unbranched alkanes of at least 4 members (excludes halogenated alkanes) is 1. The standard InChI is InChI=1S/C18H34N6O2S.HI/c1-4-19-18(21-10-6-7-12-23-15-11-20-16(23)3)22-17-8-13-24(14-9-17)27(25,26)5-2;/h11,15,17H,4-10,12-14H2,1-3H3,(H2,19,21,22);1H. The first-order valence-corrected chi connectivity index (χ1v) is 11.6. The Morgan fingerprint density at radius 1 is 1.29 bits per heavy atom. The Balaban J connectivity index is 0.00000392. The Hall–Kier alpha value is -0.880. The second-order valence-corrected chi connectivity index (χ2v) is 9.11. The maximum atomic E-state index is 12.0. The average molecular weight is 526 g/mol. The zero-order chi connectivity index (χ0) is 19.7. The third kappa shape index (κ3) is 7.86. The van der Waals surface area contributed by atoms with Crippen LogP contribution in [-0.2, 0) is 16.6 Å². The van der Waals surface area contributed by atoms with E-state index in [1.165, 1.54) is 0 Å². The third-order valence-electron chi connectivity index (χ3n) is 4.90. The molecule has 1 aliphatic heterocycles. The van der Waals surface area contributed by atoms with Gasteiger partial charge in [0.1, 0.15) is 5.82 Å². The first kappa shape index (κ1) is 25.2. The predicted octanol–water partition coefficient (Wildman–Crippen LogP) is 1.96. The van der Waals surface area contributed by atoms with Gasteiger partial charge in [-0.05, 0) is 46.5 Å². The first-order chi connectivity index (χ1) is 13.0. The van der Waals surface area contributed by atoms with Crippen molar-refractivity contribution in [3.63, 3.8) is 0 Å². The molecule has 1 aliphatic rings. The number of nitrogens with one attached hydrogen (secondary N) is 2. The third-order valence-corrected chi connectivity index (χ3v) is 6.78. The zero-order valence-corrected chi connectivity index (χ0v) is 20.4. The fraction of sp³-hybridized carbons (Fsp3) is 0.778.